The molecule has 0 aromatic heterocycles. The number of methoxy groups -OCH3 is 1. The van der Waals surface area contributed by atoms with Gasteiger partial charge in [-0.3, -0.25) is 9.69 Å². The van der Waals surface area contributed by atoms with Crippen LogP contribution in [0.2, 0.25) is 0 Å². The minimum absolute atomic E-state index is 0.177. The molecule has 2 saturated heterocycles. The molecule has 2 heterocycles. The standard InChI is InChI=1S/C10H17NO3/c1-11-6-3-4-7(11)9(8(12)5-6)10(13)14-2/h6-9,12H,3-5H2,1-2H3/t6?,7?,8-,9?/m1/s1. The molecule has 0 spiro atoms. The van der Waals surface area contributed by atoms with E-state index in [2.05, 4.69) is 4.90 Å². The Balaban J connectivity index is 2.18. The highest BCUT2D eigenvalue weighted by molar-refractivity contribution is 5.74. The highest BCUT2D eigenvalue weighted by atomic mass is 16.5. The lowest BCUT2D eigenvalue weighted by Gasteiger charge is -2.39. The monoisotopic (exact) mass is 199 g/mol. The first-order chi connectivity index (χ1) is 6.65. The Morgan fingerprint density at radius 3 is 2.86 bits per heavy atom. The number of hydrogen-bond acceptors (Lipinski definition) is 4. The second-order valence-electron chi connectivity index (χ2n) is 4.32. The number of esters is 1. The van der Waals surface area contributed by atoms with E-state index in [-0.39, 0.29) is 17.9 Å². The Morgan fingerprint density at radius 2 is 2.21 bits per heavy atom. The number of hydrogen-bond donors (Lipinski definition) is 1. The summed E-state index contributed by atoms with van der Waals surface area (Å²) in [6, 6.07) is 0.632. The van der Waals surface area contributed by atoms with Crippen LogP contribution in [0.3, 0.4) is 0 Å². The zero-order chi connectivity index (χ0) is 10.3. The number of fused-ring (bicyclic) bond motifs is 2. The summed E-state index contributed by atoms with van der Waals surface area (Å²) in [5.74, 6) is -0.613. The van der Waals surface area contributed by atoms with Gasteiger partial charge < -0.3 is 9.84 Å². The molecule has 2 aliphatic rings. The topological polar surface area (TPSA) is 49.8 Å². The van der Waals surface area contributed by atoms with E-state index < -0.39 is 6.10 Å². The highest BCUT2D eigenvalue weighted by Crippen LogP contribution is 2.38. The smallest absolute Gasteiger partial charge is 0.312 e. The molecule has 0 saturated carbocycles. The van der Waals surface area contributed by atoms with Crippen molar-refractivity contribution >= 4 is 5.97 Å². The molecular formula is C10H17NO3. The molecule has 0 aliphatic carbocycles. The first-order valence-electron chi connectivity index (χ1n) is 5.13. The van der Waals surface area contributed by atoms with Crippen molar-refractivity contribution in [1.82, 2.24) is 4.90 Å². The van der Waals surface area contributed by atoms with E-state index in [1.54, 1.807) is 0 Å². The van der Waals surface area contributed by atoms with Crippen LogP contribution in [0.1, 0.15) is 19.3 Å². The molecule has 2 aliphatic heterocycles. The molecule has 80 valence electrons. The SMILES string of the molecule is COC(=O)C1C2CCC(C[C@H]1O)N2C. The van der Waals surface area contributed by atoms with Crippen molar-refractivity contribution in [2.45, 2.75) is 37.5 Å². The molecule has 0 aromatic rings. The van der Waals surface area contributed by atoms with Crippen molar-refractivity contribution in [3.63, 3.8) is 0 Å². The van der Waals surface area contributed by atoms with Crippen molar-refractivity contribution < 1.29 is 14.6 Å². The summed E-state index contributed by atoms with van der Waals surface area (Å²) in [7, 11) is 3.42. The summed E-state index contributed by atoms with van der Waals surface area (Å²) >= 11 is 0. The van der Waals surface area contributed by atoms with Crippen LogP contribution >= 0.6 is 0 Å². The second kappa shape index (κ2) is 3.51. The van der Waals surface area contributed by atoms with E-state index in [1.807, 2.05) is 7.05 Å². The number of carbonyl (C=O) groups is 1. The van der Waals surface area contributed by atoms with E-state index in [9.17, 15) is 9.90 Å². The van der Waals surface area contributed by atoms with Crippen LogP contribution in [0.25, 0.3) is 0 Å². The van der Waals surface area contributed by atoms with Crippen LogP contribution in [-0.2, 0) is 9.53 Å². The van der Waals surface area contributed by atoms with Gasteiger partial charge in [0.15, 0.2) is 0 Å². The number of nitrogens with zero attached hydrogens (tertiary/aromatic N) is 1. The third kappa shape index (κ3) is 1.33. The Morgan fingerprint density at radius 1 is 1.50 bits per heavy atom. The quantitative estimate of drug-likeness (QED) is 0.604. The summed E-state index contributed by atoms with van der Waals surface area (Å²) < 4.78 is 4.73. The van der Waals surface area contributed by atoms with E-state index >= 15 is 0 Å². The van der Waals surface area contributed by atoms with Crippen molar-refractivity contribution in [3.8, 4) is 0 Å². The molecule has 2 fully saturated rings. The van der Waals surface area contributed by atoms with Crippen LogP contribution in [0.4, 0.5) is 0 Å². The maximum absolute atomic E-state index is 11.5. The van der Waals surface area contributed by atoms with Gasteiger partial charge in [-0.05, 0) is 26.3 Å². The van der Waals surface area contributed by atoms with Crippen molar-refractivity contribution in [1.29, 1.82) is 0 Å². The van der Waals surface area contributed by atoms with E-state index in [1.165, 1.54) is 7.11 Å². The van der Waals surface area contributed by atoms with Crippen LogP contribution < -0.4 is 0 Å². The van der Waals surface area contributed by atoms with Gasteiger partial charge in [-0.2, -0.15) is 0 Å². The normalized spacial score (nSPS) is 42.5. The van der Waals surface area contributed by atoms with Gasteiger partial charge in [0, 0.05) is 12.1 Å². The number of aliphatic hydroxyl groups is 1. The van der Waals surface area contributed by atoms with Crippen molar-refractivity contribution in [2.24, 2.45) is 5.92 Å². The molecule has 1 N–H and O–H groups in total. The minimum Gasteiger partial charge on any atom is -0.469 e. The molecule has 4 atom stereocenters. The molecule has 4 nitrogen and oxygen atoms in total. The molecule has 4 heteroatoms. The van der Waals surface area contributed by atoms with Crippen LogP contribution in [0.5, 0.6) is 0 Å². The molecule has 14 heavy (non-hydrogen) atoms. The molecule has 2 bridgehead atoms. The maximum atomic E-state index is 11.5. The molecular weight excluding hydrogens is 182 g/mol. The molecule has 0 aromatic carbocycles. The van der Waals surface area contributed by atoms with Crippen molar-refractivity contribution in [3.05, 3.63) is 0 Å². The average Bonchev–Trinajstić information content (AvgIpc) is 2.42. The van der Waals surface area contributed by atoms with Gasteiger partial charge in [0.2, 0.25) is 0 Å². The first-order valence-corrected chi connectivity index (χ1v) is 5.13. The summed E-state index contributed by atoms with van der Waals surface area (Å²) in [5, 5.41) is 9.84. The fraction of sp³-hybridized carbons (Fsp3) is 0.900. The molecule has 0 radical (unpaired) electrons. The Bertz CT molecular complexity index is 244. The predicted octanol–water partition coefficient (Wildman–Crippen LogP) is 0.00300. The molecule has 0 amide bonds. The van der Waals surface area contributed by atoms with Gasteiger partial charge in [-0.1, -0.05) is 0 Å². The summed E-state index contributed by atoms with van der Waals surface area (Å²) in [4.78, 5) is 13.7. The van der Waals surface area contributed by atoms with Gasteiger partial charge >= 0.3 is 5.97 Å². The largest absolute Gasteiger partial charge is 0.469 e. The third-order valence-electron chi connectivity index (χ3n) is 3.71. The maximum Gasteiger partial charge on any atom is 0.312 e. The number of aliphatic hydroxyl groups excluding tert-OH is 1. The number of rotatable bonds is 1. The van der Waals surface area contributed by atoms with Gasteiger partial charge in [0.1, 0.15) is 0 Å². The lowest BCUT2D eigenvalue weighted by molar-refractivity contribution is -0.155. The third-order valence-corrected chi connectivity index (χ3v) is 3.71. The van der Waals surface area contributed by atoms with Crippen LogP contribution in [0.15, 0.2) is 0 Å². The van der Waals surface area contributed by atoms with Crippen molar-refractivity contribution in [2.75, 3.05) is 14.2 Å². The fourth-order valence-electron chi connectivity index (χ4n) is 2.89. The number of piperidine rings is 1. The fourth-order valence-corrected chi connectivity index (χ4v) is 2.89. The average molecular weight is 199 g/mol. The first kappa shape index (κ1) is 9.93. The Hall–Kier alpha value is -0.610. The summed E-state index contributed by atoms with van der Waals surface area (Å²) in [6.07, 6.45) is 2.27. The van der Waals surface area contributed by atoms with E-state index in [4.69, 9.17) is 4.74 Å². The molecule has 2 rings (SSSR count). The number of carbonyl (C=O) groups excluding carboxylic acids is 1. The van der Waals surface area contributed by atoms with Gasteiger partial charge in [-0.25, -0.2) is 0 Å². The summed E-state index contributed by atoms with van der Waals surface area (Å²) in [5.41, 5.74) is 0. The van der Waals surface area contributed by atoms with E-state index in [0.717, 1.165) is 12.8 Å². The zero-order valence-corrected chi connectivity index (χ0v) is 8.64. The summed E-state index contributed by atoms with van der Waals surface area (Å²) in [6.45, 7) is 0. The predicted molar refractivity (Wildman–Crippen MR) is 50.7 cm³/mol. The zero-order valence-electron chi connectivity index (χ0n) is 8.64. The van der Waals surface area contributed by atoms with Gasteiger partial charge in [0.25, 0.3) is 0 Å². The molecule has 3 unspecified atom stereocenters. The number of ether oxygens (including phenoxy) is 1. The van der Waals surface area contributed by atoms with Gasteiger partial charge in [0.05, 0.1) is 19.1 Å². The lowest BCUT2D eigenvalue weighted by Crippen LogP contribution is -2.52. The van der Waals surface area contributed by atoms with E-state index in [0.29, 0.717) is 12.5 Å². The van der Waals surface area contributed by atoms with Crippen LogP contribution in [-0.4, -0.2) is 48.3 Å². The Labute approximate surface area is 83.8 Å². The Kier molecular flexibility index (Phi) is 2.49. The van der Waals surface area contributed by atoms with Crippen LogP contribution in [0, 0.1) is 5.92 Å². The minimum atomic E-state index is -0.517. The second-order valence-corrected chi connectivity index (χ2v) is 4.32. The highest BCUT2D eigenvalue weighted by Gasteiger charge is 2.48. The van der Waals surface area contributed by atoms with Gasteiger partial charge in [-0.15, -0.1) is 0 Å². The lowest BCUT2D eigenvalue weighted by atomic mass is 9.88.